The van der Waals surface area contributed by atoms with Crippen molar-refractivity contribution in [3.8, 4) is 0 Å². The lowest BCUT2D eigenvalue weighted by Gasteiger charge is -2.57. The smallest absolute Gasteiger partial charge is 0.229 e. The lowest BCUT2D eigenvalue weighted by Crippen LogP contribution is -2.56. The number of fused-ring (bicyclic) bond motifs is 1. The van der Waals surface area contributed by atoms with Gasteiger partial charge in [-0.25, -0.2) is 0 Å². The molecule has 2 amide bonds. The molecule has 31 heavy (non-hydrogen) atoms. The molecule has 1 N–H and O–H groups in total. The van der Waals surface area contributed by atoms with Crippen LogP contribution in [-0.4, -0.2) is 33.0 Å². The number of nitrogens with zero attached hydrogens (tertiary/aromatic N) is 3. The lowest BCUT2D eigenvalue weighted by molar-refractivity contribution is -0.160. The van der Waals surface area contributed by atoms with Crippen molar-refractivity contribution in [1.29, 1.82) is 0 Å². The van der Waals surface area contributed by atoms with Gasteiger partial charge in [0.1, 0.15) is 5.76 Å². The van der Waals surface area contributed by atoms with Crippen LogP contribution in [0.2, 0.25) is 0 Å². The molecule has 0 saturated heterocycles. The molecule has 4 saturated carbocycles. The van der Waals surface area contributed by atoms with E-state index in [-0.39, 0.29) is 17.4 Å². The molecule has 4 aliphatic carbocycles. The van der Waals surface area contributed by atoms with Crippen LogP contribution in [0.4, 0.5) is 0 Å². The molecule has 0 spiro atoms. The van der Waals surface area contributed by atoms with Gasteiger partial charge in [-0.3, -0.25) is 14.3 Å². The standard InChI is InChI=1S/C24H30N4O3/c29-22(25-13-21-2-1-5-31-21)9-20-15-27(14-19-3-4-26-28(19)20)23(30)24-10-16-6-17(11-24)8-18(7-16)12-24/h1-5,16-18,20H,6-15H2,(H,25,29). The zero-order valence-electron chi connectivity index (χ0n) is 17.8. The summed E-state index contributed by atoms with van der Waals surface area (Å²) in [6, 6.07) is 5.51. The van der Waals surface area contributed by atoms with Crippen molar-refractivity contribution < 1.29 is 14.0 Å². The first-order valence-electron chi connectivity index (χ1n) is 11.7. The number of aromatic nitrogens is 2. The molecular weight excluding hydrogens is 392 g/mol. The van der Waals surface area contributed by atoms with Crippen LogP contribution >= 0.6 is 0 Å². The van der Waals surface area contributed by atoms with Crippen molar-refractivity contribution in [2.75, 3.05) is 6.54 Å². The van der Waals surface area contributed by atoms with E-state index in [1.165, 1.54) is 19.3 Å². The molecule has 2 aromatic rings. The van der Waals surface area contributed by atoms with E-state index in [1.807, 2.05) is 27.8 Å². The Hall–Kier alpha value is -2.57. The van der Waals surface area contributed by atoms with Gasteiger partial charge in [0.05, 0.1) is 42.9 Å². The van der Waals surface area contributed by atoms with Gasteiger partial charge in [0.25, 0.3) is 0 Å². The van der Waals surface area contributed by atoms with E-state index in [2.05, 4.69) is 10.4 Å². The summed E-state index contributed by atoms with van der Waals surface area (Å²) in [4.78, 5) is 28.6. The van der Waals surface area contributed by atoms with E-state index in [1.54, 1.807) is 12.5 Å². The average molecular weight is 423 g/mol. The molecule has 4 bridgehead atoms. The molecule has 1 atom stereocenters. The predicted octanol–water partition coefficient (Wildman–Crippen LogP) is 3.28. The second kappa shape index (κ2) is 7.24. The van der Waals surface area contributed by atoms with Gasteiger partial charge in [-0.1, -0.05) is 0 Å². The summed E-state index contributed by atoms with van der Waals surface area (Å²) in [6.07, 6.45) is 10.9. The van der Waals surface area contributed by atoms with Gasteiger partial charge >= 0.3 is 0 Å². The van der Waals surface area contributed by atoms with Gasteiger partial charge in [0, 0.05) is 12.7 Å². The first-order valence-corrected chi connectivity index (χ1v) is 11.7. The highest BCUT2D eigenvalue weighted by Gasteiger charge is 2.56. The van der Waals surface area contributed by atoms with Gasteiger partial charge in [0.15, 0.2) is 0 Å². The van der Waals surface area contributed by atoms with Crippen LogP contribution in [0, 0.1) is 23.2 Å². The summed E-state index contributed by atoms with van der Waals surface area (Å²) in [5, 5.41) is 7.40. The lowest BCUT2D eigenvalue weighted by atomic mass is 9.49. The fraction of sp³-hybridized carbons (Fsp3) is 0.625. The van der Waals surface area contributed by atoms with Crippen molar-refractivity contribution >= 4 is 11.8 Å². The number of furan rings is 1. The van der Waals surface area contributed by atoms with Gasteiger partial charge < -0.3 is 14.6 Å². The van der Waals surface area contributed by atoms with Crippen LogP contribution in [0.1, 0.15) is 62.4 Å². The zero-order valence-corrected chi connectivity index (χ0v) is 17.8. The van der Waals surface area contributed by atoms with E-state index in [9.17, 15) is 9.59 Å². The van der Waals surface area contributed by atoms with Crippen molar-refractivity contribution in [3.63, 3.8) is 0 Å². The number of nitrogens with one attached hydrogen (secondary N) is 1. The third kappa shape index (κ3) is 3.38. The van der Waals surface area contributed by atoms with Crippen molar-refractivity contribution in [2.24, 2.45) is 23.2 Å². The molecule has 164 valence electrons. The highest BCUT2D eigenvalue weighted by molar-refractivity contribution is 5.83. The molecule has 7 heteroatoms. The number of hydrogen-bond donors (Lipinski definition) is 1. The van der Waals surface area contributed by atoms with Gasteiger partial charge in [-0.2, -0.15) is 5.10 Å². The molecule has 5 aliphatic rings. The first kappa shape index (κ1) is 19.1. The monoisotopic (exact) mass is 422 g/mol. The normalized spacial score (nSPS) is 33.4. The molecule has 1 aliphatic heterocycles. The number of carbonyl (C=O) groups excluding carboxylic acids is 2. The molecule has 4 fully saturated rings. The number of rotatable bonds is 5. The van der Waals surface area contributed by atoms with E-state index in [0.717, 1.165) is 48.5 Å². The summed E-state index contributed by atoms with van der Waals surface area (Å²) in [5.41, 5.74) is 0.872. The Kier molecular flexibility index (Phi) is 4.47. The van der Waals surface area contributed by atoms with E-state index in [0.29, 0.717) is 32.0 Å². The van der Waals surface area contributed by atoms with Crippen molar-refractivity contribution in [3.05, 3.63) is 42.1 Å². The predicted molar refractivity (Wildman–Crippen MR) is 112 cm³/mol. The quantitative estimate of drug-likeness (QED) is 0.802. The Morgan fingerprint density at radius 3 is 2.55 bits per heavy atom. The molecule has 7 rings (SSSR count). The molecule has 0 radical (unpaired) electrons. The van der Waals surface area contributed by atoms with Crippen LogP contribution in [0.5, 0.6) is 0 Å². The van der Waals surface area contributed by atoms with Crippen molar-refractivity contribution in [1.82, 2.24) is 20.0 Å². The second-order valence-corrected chi connectivity index (χ2v) is 10.4. The second-order valence-electron chi connectivity index (χ2n) is 10.4. The van der Waals surface area contributed by atoms with Crippen molar-refractivity contribution in [2.45, 2.75) is 64.1 Å². The molecule has 1 unspecified atom stereocenters. The third-order valence-corrected chi connectivity index (χ3v) is 8.12. The largest absolute Gasteiger partial charge is 0.467 e. The van der Waals surface area contributed by atoms with Crippen LogP contribution in [0.3, 0.4) is 0 Å². The molecule has 2 aromatic heterocycles. The van der Waals surface area contributed by atoms with Crippen LogP contribution in [0.25, 0.3) is 0 Å². The molecule has 3 heterocycles. The average Bonchev–Trinajstić information content (AvgIpc) is 3.42. The Labute approximate surface area is 182 Å². The summed E-state index contributed by atoms with van der Waals surface area (Å²) < 4.78 is 7.24. The summed E-state index contributed by atoms with van der Waals surface area (Å²) in [7, 11) is 0. The first-order chi connectivity index (χ1) is 15.1. The van der Waals surface area contributed by atoms with Crippen LogP contribution < -0.4 is 5.32 Å². The fourth-order valence-corrected chi connectivity index (χ4v) is 7.29. The van der Waals surface area contributed by atoms with E-state index < -0.39 is 0 Å². The maximum absolute atomic E-state index is 13.9. The van der Waals surface area contributed by atoms with Gasteiger partial charge in [0.2, 0.25) is 11.8 Å². The Morgan fingerprint density at radius 1 is 1.13 bits per heavy atom. The molecular formula is C24H30N4O3. The minimum Gasteiger partial charge on any atom is -0.467 e. The molecule has 7 nitrogen and oxygen atoms in total. The van der Waals surface area contributed by atoms with Gasteiger partial charge in [-0.15, -0.1) is 0 Å². The van der Waals surface area contributed by atoms with Gasteiger partial charge in [-0.05, 0) is 74.5 Å². The van der Waals surface area contributed by atoms with Crippen LogP contribution in [-0.2, 0) is 22.7 Å². The SMILES string of the molecule is O=C(CC1CN(C(=O)C23CC4CC(CC(C4)C2)C3)Cc2ccnn21)NCc1ccco1. The Bertz CT molecular complexity index is 944. The summed E-state index contributed by atoms with van der Waals surface area (Å²) in [6.45, 7) is 1.54. The maximum atomic E-state index is 13.9. The topological polar surface area (TPSA) is 80.4 Å². The third-order valence-electron chi connectivity index (χ3n) is 8.12. The number of carbonyl (C=O) groups is 2. The van der Waals surface area contributed by atoms with E-state index in [4.69, 9.17) is 4.42 Å². The molecule has 0 aromatic carbocycles. The number of hydrogen-bond acceptors (Lipinski definition) is 4. The maximum Gasteiger partial charge on any atom is 0.229 e. The van der Waals surface area contributed by atoms with Crippen LogP contribution in [0.15, 0.2) is 35.1 Å². The Morgan fingerprint density at radius 2 is 1.87 bits per heavy atom. The highest BCUT2D eigenvalue weighted by Crippen LogP contribution is 2.60. The summed E-state index contributed by atoms with van der Waals surface area (Å²) in [5.74, 6) is 3.25. The summed E-state index contributed by atoms with van der Waals surface area (Å²) >= 11 is 0. The zero-order chi connectivity index (χ0) is 21.0. The minimum absolute atomic E-state index is 0.0491. The van der Waals surface area contributed by atoms with E-state index >= 15 is 0 Å². The fourth-order valence-electron chi connectivity index (χ4n) is 7.29. The number of amides is 2. The minimum atomic E-state index is -0.150. The Balaban J connectivity index is 1.17. The highest BCUT2D eigenvalue weighted by atomic mass is 16.3.